The van der Waals surface area contributed by atoms with E-state index in [0.29, 0.717) is 17.5 Å². The van der Waals surface area contributed by atoms with Crippen molar-refractivity contribution >= 4 is 16.7 Å². The molecule has 0 amide bonds. The Labute approximate surface area is 193 Å². The van der Waals surface area contributed by atoms with Gasteiger partial charge in [0.05, 0.1) is 17.3 Å². The molecule has 0 saturated carbocycles. The number of nitriles is 1. The average Bonchev–Trinajstić information content (AvgIpc) is 3.47. The zero-order valence-electron chi connectivity index (χ0n) is 18.7. The maximum absolute atomic E-state index is 10.1. The van der Waals surface area contributed by atoms with Crippen molar-refractivity contribution in [1.29, 1.82) is 5.26 Å². The SMILES string of the molecule is CN1CCC(C2CCNc3c(C#N)c(-c4ccc5ccc(-c6ccccc6)nc5c4)nn32)C1. The number of hydrogen-bond acceptors (Lipinski definition) is 5. The number of fused-ring (bicyclic) bond motifs is 2. The average molecular weight is 435 g/mol. The van der Waals surface area contributed by atoms with E-state index in [4.69, 9.17) is 10.1 Å². The molecule has 6 nitrogen and oxygen atoms in total. The summed E-state index contributed by atoms with van der Waals surface area (Å²) in [6.45, 7) is 3.09. The van der Waals surface area contributed by atoms with E-state index in [0.717, 1.165) is 65.3 Å². The van der Waals surface area contributed by atoms with Crippen LogP contribution in [0.3, 0.4) is 0 Å². The molecule has 0 bridgehead atoms. The highest BCUT2D eigenvalue weighted by molar-refractivity contribution is 5.87. The van der Waals surface area contributed by atoms with Crippen molar-refractivity contribution in [1.82, 2.24) is 19.7 Å². The maximum Gasteiger partial charge on any atom is 0.143 e. The number of anilines is 1. The molecular formula is C27H26N6. The molecule has 2 unspecified atom stereocenters. The van der Waals surface area contributed by atoms with Gasteiger partial charge < -0.3 is 10.2 Å². The molecule has 2 aliphatic rings. The normalized spacial score (nSPS) is 20.4. The third kappa shape index (κ3) is 3.46. The fraction of sp³-hybridized carbons (Fsp3) is 0.296. The lowest BCUT2D eigenvalue weighted by Gasteiger charge is -2.30. The van der Waals surface area contributed by atoms with Crippen LogP contribution in [0, 0.1) is 17.2 Å². The van der Waals surface area contributed by atoms with Crippen LogP contribution in [0.15, 0.2) is 60.7 Å². The molecule has 6 heteroatoms. The van der Waals surface area contributed by atoms with Gasteiger partial charge in [-0.15, -0.1) is 0 Å². The molecule has 1 saturated heterocycles. The second-order valence-corrected chi connectivity index (χ2v) is 9.19. The van der Waals surface area contributed by atoms with E-state index in [1.54, 1.807) is 0 Å². The van der Waals surface area contributed by atoms with E-state index >= 15 is 0 Å². The molecule has 2 aromatic heterocycles. The molecular weight excluding hydrogens is 408 g/mol. The van der Waals surface area contributed by atoms with Crippen molar-refractivity contribution in [2.75, 3.05) is 32.0 Å². The first-order chi connectivity index (χ1) is 16.2. The van der Waals surface area contributed by atoms with Gasteiger partial charge in [-0.3, -0.25) is 0 Å². The number of likely N-dealkylation sites (tertiary alicyclic amines) is 1. The molecule has 4 heterocycles. The van der Waals surface area contributed by atoms with Crippen LogP contribution < -0.4 is 5.32 Å². The number of nitrogens with zero attached hydrogens (tertiary/aromatic N) is 5. The van der Waals surface area contributed by atoms with Crippen molar-refractivity contribution in [2.24, 2.45) is 5.92 Å². The van der Waals surface area contributed by atoms with Crippen molar-refractivity contribution in [3.63, 3.8) is 0 Å². The van der Waals surface area contributed by atoms with Gasteiger partial charge in [-0.1, -0.05) is 48.5 Å². The van der Waals surface area contributed by atoms with Gasteiger partial charge in [0.1, 0.15) is 23.1 Å². The fourth-order valence-corrected chi connectivity index (χ4v) is 5.37. The number of aromatic nitrogens is 3. The monoisotopic (exact) mass is 434 g/mol. The molecule has 0 spiro atoms. The highest BCUT2D eigenvalue weighted by atomic mass is 15.4. The summed E-state index contributed by atoms with van der Waals surface area (Å²) in [7, 11) is 2.18. The topological polar surface area (TPSA) is 69.8 Å². The van der Waals surface area contributed by atoms with Crippen LogP contribution in [0.2, 0.25) is 0 Å². The summed E-state index contributed by atoms with van der Waals surface area (Å²) >= 11 is 0. The maximum atomic E-state index is 10.1. The van der Waals surface area contributed by atoms with E-state index in [1.165, 1.54) is 6.42 Å². The predicted octanol–water partition coefficient (Wildman–Crippen LogP) is 4.95. The Kier molecular flexibility index (Phi) is 4.85. The first-order valence-electron chi connectivity index (χ1n) is 11.6. The Morgan fingerprint density at radius 3 is 2.67 bits per heavy atom. The van der Waals surface area contributed by atoms with Crippen molar-refractivity contribution in [2.45, 2.75) is 18.9 Å². The minimum atomic E-state index is 0.329. The third-order valence-electron chi connectivity index (χ3n) is 7.08. The Hall–Kier alpha value is -3.69. The van der Waals surface area contributed by atoms with Gasteiger partial charge >= 0.3 is 0 Å². The lowest BCUT2D eigenvalue weighted by Crippen LogP contribution is -2.30. The molecule has 4 aromatic rings. The molecule has 0 aliphatic carbocycles. The number of benzene rings is 2. The molecule has 6 rings (SSSR count). The van der Waals surface area contributed by atoms with E-state index < -0.39 is 0 Å². The fourth-order valence-electron chi connectivity index (χ4n) is 5.37. The minimum absolute atomic E-state index is 0.329. The number of nitrogens with one attached hydrogen (secondary N) is 1. The molecule has 2 atom stereocenters. The predicted molar refractivity (Wildman–Crippen MR) is 131 cm³/mol. The standard InChI is InChI=1S/C27H26N6/c1-32-14-12-21(17-32)25-11-13-29-27-22(16-28)26(31-33(25)27)20-8-7-19-9-10-23(30-24(19)15-20)18-5-3-2-4-6-18/h2-10,15,21,25,29H,11-14,17H2,1H3. The van der Waals surface area contributed by atoms with Crippen LogP contribution in [0.25, 0.3) is 33.4 Å². The van der Waals surface area contributed by atoms with E-state index in [-0.39, 0.29) is 0 Å². The summed E-state index contributed by atoms with van der Waals surface area (Å²) in [6, 6.07) is 23.3. The highest BCUT2D eigenvalue weighted by Gasteiger charge is 2.35. The van der Waals surface area contributed by atoms with Gasteiger partial charge in [-0.25, -0.2) is 9.67 Å². The van der Waals surface area contributed by atoms with Crippen molar-refractivity contribution in [3.05, 3.63) is 66.2 Å². The number of pyridine rings is 1. The summed E-state index contributed by atoms with van der Waals surface area (Å²) in [4.78, 5) is 7.31. The van der Waals surface area contributed by atoms with Crippen LogP contribution in [0.1, 0.15) is 24.4 Å². The van der Waals surface area contributed by atoms with E-state index in [1.807, 2.05) is 18.2 Å². The Bertz CT molecular complexity index is 1370. The van der Waals surface area contributed by atoms with Crippen LogP contribution >= 0.6 is 0 Å². The highest BCUT2D eigenvalue weighted by Crippen LogP contribution is 2.39. The largest absolute Gasteiger partial charge is 0.369 e. The Morgan fingerprint density at radius 1 is 1.03 bits per heavy atom. The van der Waals surface area contributed by atoms with Crippen molar-refractivity contribution < 1.29 is 0 Å². The molecule has 164 valence electrons. The zero-order chi connectivity index (χ0) is 22.4. The van der Waals surface area contributed by atoms with Crippen LogP contribution in [0.4, 0.5) is 5.82 Å². The molecule has 0 radical (unpaired) electrons. The summed E-state index contributed by atoms with van der Waals surface area (Å²) in [5.74, 6) is 1.44. The third-order valence-corrected chi connectivity index (χ3v) is 7.08. The quantitative estimate of drug-likeness (QED) is 0.494. The smallest absolute Gasteiger partial charge is 0.143 e. The first-order valence-corrected chi connectivity index (χ1v) is 11.6. The molecule has 2 aliphatic heterocycles. The second kappa shape index (κ2) is 8.02. The van der Waals surface area contributed by atoms with Gasteiger partial charge in [-0.2, -0.15) is 10.4 Å². The second-order valence-electron chi connectivity index (χ2n) is 9.19. The molecule has 1 N–H and O–H groups in total. The Balaban J connectivity index is 1.43. The van der Waals surface area contributed by atoms with Gasteiger partial charge in [0.2, 0.25) is 0 Å². The van der Waals surface area contributed by atoms with Gasteiger partial charge in [0.25, 0.3) is 0 Å². The molecule has 2 aromatic carbocycles. The summed E-state index contributed by atoms with van der Waals surface area (Å²) in [5, 5.41) is 19.6. The van der Waals surface area contributed by atoms with Crippen LogP contribution in [-0.2, 0) is 0 Å². The van der Waals surface area contributed by atoms with Crippen LogP contribution in [0.5, 0.6) is 0 Å². The molecule has 33 heavy (non-hydrogen) atoms. The summed E-state index contributed by atoms with van der Waals surface area (Å²) in [6.07, 6.45) is 2.22. The number of rotatable bonds is 3. The lowest BCUT2D eigenvalue weighted by molar-refractivity contribution is 0.281. The molecule has 1 fully saturated rings. The Morgan fingerprint density at radius 2 is 1.88 bits per heavy atom. The van der Waals surface area contributed by atoms with Gasteiger partial charge in [0.15, 0.2) is 0 Å². The summed E-state index contributed by atoms with van der Waals surface area (Å²) < 4.78 is 2.10. The zero-order valence-corrected chi connectivity index (χ0v) is 18.7. The lowest BCUT2D eigenvalue weighted by atomic mass is 9.95. The van der Waals surface area contributed by atoms with E-state index in [2.05, 4.69) is 70.5 Å². The first kappa shape index (κ1) is 20.0. The number of hydrogen-bond donors (Lipinski definition) is 1. The van der Waals surface area contributed by atoms with Crippen LogP contribution in [-0.4, -0.2) is 46.3 Å². The summed E-state index contributed by atoms with van der Waals surface area (Å²) in [5.41, 5.74) is 5.25. The van der Waals surface area contributed by atoms with Gasteiger partial charge in [0, 0.05) is 29.6 Å². The van der Waals surface area contributed by atoms with Crippen molar-refractivity contribution in [3.8, 4) is 28.6 Å². The van der Waals surface area contributed by atoms with Gasteiger partial charge in [-0.05, 0) is 44.5 Å². The minimum Gasteiger partial charge on any atom is -0.369 e. The van der Waals surface area contributed by atoms with E-state index in [9.17, 15) is 5.26 Å².